The van der Waals surface area contributed by atoms with Gasteiger partial charge < -0.3 is 4.52 Å². The van der Waals surface area contributed by atoms with Gasteiger partial charge in [-0.15, -0.1) is 0 Å². The molecule has 4 heteroatoms. The molecule has 0 spiro atoms. The maximum absolute atomic E-state index is 8.91. The molecule has 22 heavy (non-hydrogen) atoms. The molecule has 0 atom stereocenters. The standard InChI is InChI=1S/C18H17N3O/c1-11-14-9-15(13-7-5-12(10-19)6-8-13)20-17(18(2,3)4)16(14)22-21-11/h5-9H,1-4H3. The predicted octanol–water partition coefficient (Wildman–Crippen LogP) is 4.37. The molecule has 0 bridgehead atoms. The maximum Gasteiger partial charge on any atom is 0.189 e. The van der Waals surface area contributed by atoms with Crippen LogP contribution in [0.1, 0.15) is 37.7 Å². The number of fused-ring (bicyclic) bond motifs is 1. The highest BCUT2D eigenvalue weighted by Crippen LogP contribution is 2.33. The van der Waals surface area contributed by atoms with Gasteiger partial charge >= 0.3 is 0 Å². The van der Waals surface area contributed by atoms with Gasteiger partial charge in [0.2, 0.25) is 0 Å². The normalized spacial score (nSPS) is 11.6. The Bertz CT molecular complexity index is 878. The van der Waals surface area contributed by atoms with Crippen LogP contribution in [0.5, 0.6) is 0 Å². The van der Waals surface area contributed by atoms with E-state index in [2.05, 4.69) is 32.0 Å². The lowest BCUT2D eigenvalue weighted by molar-refractivity contribution is 0.437. The quantitative estimate of drug-likeness (QED) is 0.668. The Morgan fingerprint density at radius 2 is 1.82 bits per heavy atom. The van der Waals surface area contributed by atoms with Gasteiger partial charge in [-0.2, -0.15) is 5.26 Å². The highest BCUT2D eigenvalue weighted by molar-refractivity contribution is 5.86. The minimum atomic E-state index is -0.146. The van der Waals surface area contributed by atoms with E-state index in [0.29, 0.717) is 5.56 Å². The van der Waals surface area contributed by atoms with Crippen molar-refractivity contribution in [2.45, 2.75) is 33.1 Å². The molecule has 2 aromatic heterocycles. The number of hydrogen-bond acceptors (Lipinski definition) is 4. The fraction of sp³-hybridized carbons (Fsp3) is 0.278. The zero-order valence-electron chi connectivity index (χ0n) is 13.1. The summed E-state index contributed by atoms with van der Waals surface area (Å²) in [5, 5.41) is 14.0. The molecule has 0 saturated carbocycles. The van der Waals surface area contributed by atoms with Crippen molar-refractivity contribution in [3.8, 4) is 17.3 Å². The highest BCUT2D eigenvalue weighted by Gasteiger charge is 2.24. The van der Waals surface area contributed by atoms with E-state index in [0.717, 1.165) is 33.6 Å². The first-order valence-corrected chi connectivity index (χ1v) is 7.18. The molecule has 3 rings (SSSR count). The van der Waals surface area contributed by atoms with E-state index >= 15 is 0 Å². The molecule has 2 heterocycles. The lowest BCUT2D eigenvalue weighted by atomic mass is 9.90. The van der Waals surface area contributed by atoms with Gasteiger partial charge in [-0.25, -0.2) is 4.98 Å². The van der Waals surface area contributed by atoms with E-state index in [1.165, 1.54) is 0 Å². The zero-order valence-corrected chi connectivity index (χ0v) is 13.1. The Labute approximate surface area is 129 Å². The fourth-order valence-corrected chi connectivity index (χ4v) is 2.43. The maximum atomic E-state index is 8.91. The van der Waals surface area contributed by atoms with Crippen LogP contribution in [0.4, 0.5) is 0 Å². The van der Waals surface area contributed by atoms with Crippen LogP contribution >= 0.6 is 0 Å². The van der Waals surface area contributed by atoms with Crippen LogP contribution in [0.3, 0.4) is 0 Å². The Morgan fingerprint density at radius 1 is 1.14 bits per heavy atom. The third kappa shape index (κ3) is 2.35. The number of rotatable bonds is 1. The monoisotopic (exact) mass is 291 g/mol. The summed E-state index contributed by atoms with van der Waals surface area (Å²) in [5.41, 5.74) is 4.85. The first-order chi connectivity index (χ1) is 10.4. The van der Waals surface area contributed by atoms with Crippen LogP contribution in [-0.4, -0.2) is 10.1 Å². The second-order valence-electron chi connectivity index (χ2n) is 6.44. The minimum Gasteiger partial charge on any atom is -0.354 e. The highest BCUT2D eigenvalue weighted by atomic mass is 16.5. The number of nitrogens with zero attached hydrogens (tertiary/aromatic N) is 3. The third-order valence-electron chi connectivity index (χ3n) is 3.66. The van der Waals surface area contributed by atoms with Gasteiger partial charge in [-0.05, 0) is 25.1 Å². The van der Waals surface area contributed by atoms with Gasteiger partial charge in [0.1, 0.15) is 0 Å². The van der Waals surface area contributed by atoms with Gasteiger partial charge in [-0.1, -0.05) is 38.1 Å². The van der Waals surface area contributed by atoms with E-state index in [1.54, 1.807) is 12.1 Å². The summed E-state index contributed by atoms with van der Waals surface area (Å²) in [6.07, 6.45) is 0. The third-order valence-corrected chi connectivity index (χ3v) is 3.66. The van der Waals surface area contributed by atoms with Crippen molar-refractivity contribution in [2.24, 2.45) is 0 Å². The van der Waals surface area contributed by atoms with Gasteiger partial charge in [0.05, 0.1) is 28.7 Å². The van der Waals surface area contributed by atoms with E-state index in [-0.39, 0.29) is 5.41 Å². The van der Waals surface area contributed by atoms with Crippen molar-refractivity contribution in [3.63, 3.8) is 0 Å². The number of aryl methyl sites for hydroxylation is 1. The average Bonchev–Trinajstić information content (AvgIpc) is 2.87. The molecule has 110 valence electrons. The van der Waals surface area contributed by atoms with Gasteiger partial charge in [-0.3, -0.25) is 0 Å². The Morgan fingerprint density at radius 3 is 2.41 bits per heavy atom. The largest absolute Gasteiger partial charge is 0.354 e. The van der Waals surface area contributed by atoms with Crippen molar-refractivity contribution in [1.82, 2.24) is 10.1 Å². The Kier molecular flexibility index (Phi) is 3.22. The number of benzene rings is 1. The molecule has 0 unspecified atom stereocenters. The number of nitriles is 1. The summed E-state index contributed by atoms with van der Waals surface area (Å²) in [5.74, 6) is 0. The zero-order chi connectivity index (χ0) is 15.9. The SMILES string of the molecule is Cc1noc2c(C(C)(C)C)nc(-c3ccc(C#N)cc3)cc12. The fourth-order valence-electron chi connectivity index (χ4n) is 2.43. The molecule has 4 nitrogen and oxygen atoms in total. The topological polar surface area (TPSA) is 62.7 Å². The molecule has 1 aromatic carbocycles. The average molecular weight is 291 g/mol. The van der Waals surface area contributed by atoms with E-state index in [1.807, 2.05) is 25.1 Å². The van der Waals surface area contributed by atoms with Crippen molar-refractivity contribution < 1.29 is 4.52 Å². The van der Waals surface area contributed by atoms with Gasteiger partial charge in [0.25, 0.3) is 0 Å². The van der Waals surface area contributed by atoms with Crippen LogP contribution in [-0.2, 0) is 5.41 Å². The van der Waals surface area contributed by atoms with Crippen molar-refractivity contribution in [1.29, 1.82) is 5.26 Å². The smallest absolute Gasteiger partial charge is 0.189 e. The number of hydrogen-bond donors (Lipinski definition) is 0. The van der Waals surface area contributed by atoms with Crippen molar-refractivity contribution in [2.75, 3.05) is 0 Å². The molecule has 0 saturated heterocycles. The summed E-state index contributed by atoms with van der Waals surface area (Å²) in [6.45, 7) is 8.25. The van der Waals surface area contributed by atoms with E-state index in [9.17, 15) is 0 Å². The lowest BCUT2D eigenvalue weighted by Gasteiger charge is -2.18. The van der Waals surface area contributed by atoms with E-state index in [4.69, 9.17) is 14.8 Å². The van der Waals surface area contributed by atoms with Crippen LogP contribution in [0.25, 0.3) is 22.2 Å². The Balaban J connectivity index is 2.26. The van der Waals surface area contributed by atoms with Crippen LogP contribution in [0.15, 0.2) is 34.9 Å². The van der Waals surface area contributed by atoms with Crippen LogP contribution < -0.4 is 0 Å². The number of pyridine rings is 1. The molecule has 3 aromatic rings. The van der Waals surface area contributed by atoms with Gasteiger partial charge in [0, 0.05) is 16.4 Å². The summed E-state index contributed by atoms with van der Waals surface area (Å²) in [7, 11) is 0. The molecular formula is C18H17N3O. The molecular weight excluding hydrogens is 274 g/mol. The van der Waals surface area contributed by atoms with Crippen LogP contribution in [0, 0.1) is 18.3 Å². The molecule has 0 aliphatic carbocycles. The first-order valence-electron chi connectivity index (χ1n) is 7.18. The second-order valence-corrected chi connectivity index (χ2v) is 6.44. The predicted molar refractivity (Wildman–Crippen MR) is 85.4 cm³/mol. The summed E-state index contributed by atoms with van der Waals surface area (Å²) < 4.78 is 5.48. The van der Waals surface area contributed by atoms with Crippen LogP contribution in [0.2, 0.25) is 0 Å². The summed E-state index contributed by atoms with van der Waals surface area (Å²) in [4.78, 5) is 4.79. The van der Waals surface area contributed by atoms with Gasteiger partial charge in [0.15, 0.2) is 5.58 Å². The number of aromatic nitrogens is 2. The second kappa shape index (κ2) is 4.96. The molecule has 0 aliphatic heterocycles. The van der Waals surface area contributed by atoms with Crippen molar-refractivity contribution in [3.05, 3.63) is 47.3 Å². The summed E-state index contributed by atoms with van der Waals surface area (Å²) >= 11 is 0. The van der Waals surface area contributed by atoms with E-state index < -0.39 is 0 Å². The lowest BCUT2D eigenvalue weighted by Crippen LogP contribution is -2.14. The minimum absolute atomic E-state index is 0.146. The molecule has 0 N–H and O–H groups in total. The summed E-state index contributed by atoms with van der Waals surface area (Å²) in [6, 6.07) is 11.6. The first kappa shape index (κ1) is 14.3. The molecule has 0 aliphatic rings. The molecule has 0 radical (unpaired) electrons. The molecule has 0 fully saturated rings. The molecule has 0 amide bonds. The Hall–Kier alpha value is -2.67. The van der Waals surface area contributed by atoms with Crippen molar-refractivity contribution >= 4 is 11.0 Å².